The molecule has 1 unspecified atom stereocenters. The van der Waals surface area contributed by atoms with Gasteiger partial charge in [-0.25, -0.2) is 0 Å². The third kappa shape index (κ3) is 3.46. The molecule has 0 saturated carbocycles. The molecule has 3 nitrogen and oxygen atoms in total. The van der Waals surface area contributed by atoms with Crippen molar-refractivity contribution in [3.63, 3.8) is 0 Å². The molecule has 0 aliphatic carbocycles. The van der Waals surface area contributed by atoms with Gasteiger partial charge in [-0.2, -0.15) is 0 Å². The smallest absolute Gasteiger partial charge is 0.185 e. The highest BCUT2D eigenvalue weighted by Gasteiger charge is 2.14. The molecular formula is C15H16ClNO2. The molecule has 0 bridgehead atoms. The Hall–Kier alpha value is -1.58. The second kappa shape index (κ2) is 6.04. The molecule has 0 aliphatic rings. The normalized spacial score (nSPS) is 12.6. The highest BCUT2D eigenvalue weighted by atomic mass is 35.5. The summed E-state index contributed by atoms with van der Waals surface area (Å²) in [5.74, 6) is 1.14. The van der Waals surface area contributed by atoms with Gasteiger partial charge in [0.2, 0.25) is 0 Å². The maximum absolute atomic E-state index is 10.6. The van der Waals surface area contributed by atoms with Gasteiger partial charge in [0.1, 0.15) is 5.76 Å². The number of hydrogen-bond acceptors (Lipinski definition) is 3. The van der Waals surface area contributed by atoms with Gasteiger partial charge >= 0.3 is 0 Å². The highest BCUT2D eigenvalue weighted by Crippen LogP contribution is 2.23. The zero-order valence-corrected chi connectivity index (χ0v) is 11.7. The van der Waals surface area contributed by atoms with E-state index in [1.807, 2.05) is 37.4 Å². The van der Waals surface area contributed by atoms with Gasteiger partial charge in [-0.3, -0.25) is 9.69 Å². The van der Waals surface area contributed by atoms with Gasteiger partial charge in [0, 0.05) is 11.1 Å². The van der Waals surface area contributed by atoms with Gasteiger partial charge in [0.05, 0.1) is 6.54 Å². The lowest BCUT2D eigenvalue weighted by Crippen LogP contribution is -2.21. The van der Waals surface area contributed by atoms with Crippen LogP contribution in [0.15, 0.2) is 40.8 Å². The fourth-order valence-corrected chi connectivity index (χ4v) is 2.15. The summed E-state index contributed by atoms with van der Waals surface area (Å²) in [6.45, 7) is 2.75. The number of rotatable bonds is 5. The van der Waals surface area contributed by atoms with E-state index in [-0.39, 0.29) is 6.04 Å². The van der Waals surface area contributed by atoms with Gasteiger partial charge in [-0.05, 0) is 43.8 Å². The van der Waals surface area contributed by atoms with Crippen LogP contribution < -0.4 is 0 Å². The maximum Gasteiger partial charge on any atom is 0.185 e. The molecule has 0 fully saturated rings. The van der Waals surface area contributed by atoms with Crippen molar-refractivity contribution in [1.82, 2.24) is 4.90 Å². The number of carbonyl (C=O) groups excluding carboxylic acids is 1. The summed E-state index contributed by atoms with van der Waals surface area (Å²) in [7, 11) is 2.01. The molecule has 2 rings (SSSR count). The first kappa shape index (κ1) is 13.8. The number of nitrogens with zero attached hydrogens (tertiary/aromatic N) is 1. The zero-order chi connectivity index (χ0) is 13.8. The highest BCUT2D eigenvalue weighted by molar-refractivity contribution is 6.30. The van der Waals surface area contributed by atoms with Crippen molar-refractivity contribution in [2.24, 2.45) is 0 Å². The number of halogens is 1. The second-order valence-electron chi connectivity index (χ2n) is 4.57. The fourth-order valence-electron chi connectivity index (χ4n) is 1.95. The Labute approximate surface area is 117 Å². The van der Waals surface area contributed by atoms with Crippen LogP contribution >= 0.6 is 11.6 Å². The number of aldehydes is 1. The van der Waals surface area contributed by atoms with Crippen LogP contribution in [0.2, 0.25) is 5.02 Å². The Morgan fingerprint density at radius 2 is 2.16 bits per heavy atom. The minimum absolute atomic E-state index is 0.212. The third-order valence-electron chi connectivity index (χ3n) is 3.20. The quantitative estimate of drug-likeness (QED) is 0.776. The number of benzene rings is 1. The largest absolute Gasteiger partial charge is 0.457 e. The van der Waals surface area contributed by atoms with Gasteiger partial charge in [-0.1, -0.05) is 23.7 Å². The molecule has 0 aliphatic heterocycles. The number of hydrogen-bond donors (Lipinski definition) is 0. The van der Waals surface area contributed by atoms with Crippen LogP contribution in [0.25, 0.3) is 0 Å². The van der Waals surface area contributed by atoms with Gasteiger partial charge in [0.15, 0.2) is 12.0 Å². The number of carbonyl (C=O) groups is 1. The van der Waals surface area contributed by atoms with E-state index in [9.17, 15) is 4.79 Å². The summed E-state index contributed by atoms with van der Waals surface area (Å²) < 4.78 is 5.38. The Morgan fingerprint density at radius 3 is 2.79 bits per heavy atom. The first-order chi connectivity index (χ1) is 9.10. The van der Waals surface area contributed by atoms with Crippen LogP contribution in [0.1, 0.15) is 34.8 Å². The molecule has 0 N–H and O–H groups in total. The van der Waals surface area contributed by atoms with Gasteiger partial charge in [0.25, 0.3) is 0 Å². The van der Waals surface area contributed by atoms with Crippen LogP contribution in [0.4, 0.5) is 0 Å². The van der Waals surface area contributed by atoms with E-state index in [4.69, 9.17) is 16.0 Å². The molecule has 19 heavy (non-hydrogen) atoms. The molecule has 1 atom stereocenters. The van der Waals surface area contributed by atoms with Gasteiger partial charge < -0.3 is 4.42 Å². The van der Waals surface area contributed by atoms with Crippen molar-refractivity contribution in [2.45, 2.75) is 19.5 Å². The van der Waals surface area contributed by atoms with Crippen molar-refractivity contribution in [1.29, 1.82) is 0 Å². The Bertz CT molecular complexity index is 565. The van der Waals surface area contributed by atoms with E-state index in [1.165, 1.54) is 0 Å². The van der Waals surface area contributed by atoms with E-state index in [2.05, 4.69) is 11.8 Å². The summed E-state index contributed by atoms with van der Waals surface area (Å²) >= 11 is 6.00. The SMILES string of the molecule is CC(c1cccc(Cl)c1)N(C)Cc1ccc(C=O)o1. The van der Waals surface area contributed by atoms with E-state index in [0.29, 0.717) is 18.6 Å². The topological polar surface area (TPSA) is 33.5 Å². The van der Waals surface area contributed by atoms with E-state index < -0.39 is 0 Å². The summed E-state index contributed by atoms with van der Waals surface area (Å²) in [5, 5.41) is 0.735. The molecule has 0 radical (unpaired) electrons. The van der Waals surface area contributed by atoms with Crippen molar-refractivity contribution in [3.8, 4) is 0 Å². The maximum atomic E-state index is 10.6. The predicted molar refractivity (Wildman–Crippen MR) is 75.4 cm³/mol. The van der Waals surface area contributed by atoms with Crippen molar-refractivity contribution < 1.29 is 9.21 Å². The molecule has 0 saturated heterocycles. The monoisotopic (exact) mass is 277 g/mol. The third-order valence-corrected chi connectivity index (χ3v) is 3.43. The minimum atomic E-state index is 0.212. The number of furan rings is 1. The predicted octanol–water partition coefficient (Wildman–Crippen LogP) is 3.94. The molecule has 0 spiro atoms. The molecule has 1 aromatic carbocycles. The second-order valence-corrected chi connectivity index (χ2v) is 5.00. The van der Waals surface area contributed by atoms with Gasteiger partial charge in [-0.15, -0.1) is 0 Å². The summed E-state index contributed by atoms with van der Waals surface area (Å²) in [4.78, 5) is 12.7. The molecule has 100 valence electrons. The molecule has 0 amide bonds. The standard InChI is InChI=1S/C15H16ClNO2/c1-11(12-4-3-5-13(16)8-12)17(2)9-14-6-7-15(10-18)19-14/h3-8,10-11H,9H2,1-2H3. The Kier molecular flexibility index (Phi) is 4.40. The van der Waals surface area contributed by atoms with Crippen LogP contribution in [0.5, 0.6) is 0 Å². The molecule has 1 heterocycles. The lowest BCUT2D eigenvalue weighted by molar-refractivity contribution is 0.109. The molecule has 2 aromatic rings. The van der Waals surface area contributed by atoms with E-state index >= 15 is 0 Å². The molecule has 4 heteroatoms. The lowest BCUT2D eigenvalue weighted by Gasteiger charge is -2.24. The summed E-state index contributed by atoms with van der Waals surface area (Å²) in [6, 6.07) is 11.5. The van der Waals surface area contributed by atoms with Crippen molar-refractivity contribution >= 4 is 17.9 Å². The molecular weight excluding hydrogens is 262 g/mol. The van der Waals surface area contributed by atoms with E-state index in [1.54, 1.807) is 6.07 Å². The van der Waals surface area contributed by atoms with Crippen LogP contribution in [-0.2, 0) is 6.54 Å². The van der Waals surface area contributed by atoms with E-state index in [0.717, 1.165) is 16.3 Å². The van der Waals surface area contributed by atoms with Crippen LogP contribution in [-0.4, -0.2) is 18.2 Å². The average Bonchev–Trinajstić information content (AvgIpc) is 2.85. The first-order valence-corrected chi connectivity index (χ1v) is 6.47. The average molecular weight is 278 g/mol. The lowest BCUT2D eigenvalue weighted by atomic mass is 10.1. The van der Waals surface area contributed by atoms with Crippen molar-refractivity contribution in [3.05, 3.63) is 58.5 Å². The Morgan fingerprint density at radius 1 is 1.37 bits per heavy atom. The minimum Gasteiger partial charge on any atom is -0.457 e. The van der Waals surface area contributed by atoms with Crippen LogP contribution in [0, 0.1) is 0 Å². The Balaban J connectivity index is 2.06. The van der Waals surface area contributed by atoms with Crippen molar-refractivity contribution in [2.75, 3.05) is 7.05 Å². The molecule has 1 aromatic heterocycles. The zero-order valence-electron chi connectivity index (χ0n) is 11.0. The fraction of sp³-hybridized carbons (Fsp3) is 0.267. The summed E-state index contributed by atoms with van der Waals surface area (Å²) in [6.07, 6.45) is 0.712. The van der Waals surface area contributed by atoms with Crippen LogP contribution in [0.3, 0.4) is 0 Å². The first-order valence-electron chi connectivity index (χ1n) is 6.09. The summed E-state index contributed by atoms with van der Waals surface area (Å²) in [5.41, 5.74) is 1.15.